The van der Waals surface area contributed by atoms with Crippen LogP contribution in [0.15, 0.2) is 30.6 Å². The summed E-state index contributed by atoms with van der Waals surface area (Å²) in [4.78, 5) is 14.8. The average molecular weight is 190 g/mol. The highest BCUT2D eigenvalue weighted by Crippen LogP contribution is 2.11. The first-order valence-corrected chi connectivity index (χ1v) is 4.30. The lowest BCUT2D eigenvalue weighted by Gasteiger charge is -2.03. The van der Waals surface area contributed by atoms with Crippen molar-refractivity contribution in [2.45, 2.75) is 13.7 Å². The van der Waals surface area contributed by atoms with E-state index in [1.165, 1.54) is 6.92 Å². The summed E-state index contributed by atoms with van der Waals surface area (Å²) in [5, 5.41) is 1.04. The van der Waals surface area contributed by atoms with Crippen molar-refractivity contribution in [2.75, 3.05) is 0 Å². The van der Waals surface area contributed by atoms with Crippen LogP contribution < -0.4 is 0 Å². The fraction of sp³-hybridized carbons (Fsp3) is 0.200. The van der Waals surface area contributed by atoms with Gasteiger partial charge in [0.15, 0.2) is 6.73 Å². The number of fused-ring (bicyclic) bond motifs is 1. The molecule has 0 atom stereocenters. The monoisotopic (exact) mass is 190 g/mol. The molecule has 4 nitrogen and oxygen atoms in total. The molecule has 2 aromatic heterocycles. The number of carbonyl (C=O) groups is 1. The summed E-state index contributed by atoms with van der Waals surface area (Å²) in [6.45, 7) is 1.61. The molecule has 0 unspecified atom stereocenters. The SMILES string of the molecule is CC(=O)OCn1ccc2cccnc21. The Balaban J connectivity index is 2.29. The molecule has 0 saturated heterocycles. The van der Waals surface area contributed by atoms with Gasteiger partial charge >= 0.3 is 5.97 Å². The minimum absolute atomic E-state index is 0.218. The third kappa shape index (κ3) is 1.59. The summed E-state index contributed by atoms with van der Waals surface area (Å²) in [5.41, 5.74) is 0.828. The maximum atomic E-state index is 10.6. The Bertz CT molecular complexity index is 462. The lowest BCUT2D eigenvalue weighted by atomic mass is 10.3. The molecule has 0 fully saturated rings. The van der Waals surface area contributed by atoms with Crippen LogP contribution in [0.5, 0.6) is 0 Å². The maximum Gasteiger partial charge on any atom is 0.304 e. The topological polar surface area (TPSA) is 44.1 Å². The molecular weight excluding hydrogens is 180 g/mol. The van der Waals surface area contributed by atoms with Gasteiger partial charge in [-0.3, -0.25) is 9.36 Å². The number of rotatable bonds is 2. The lowest BCUT2D eigenvalue weighted by molar-refractivity contribution is -0.144. The van der Waals surface area contributed by atoms with Gasteiger partial charge in [0.1, 0.15) is 5.65 Å². The highest BCUT2D eigenvalue weighted by Gasteiger charge is 2.01. The fourth-order valence-electron chi connectivity index (χ4n) is 1.28. The van der Waals surface area contributed by atoms with Crippen molar-refractivity contribution >= 4 is 17.0 Å². The minimum atomic E-state index is -0.289. The van der Waals surface area contributed by atoms with E-state index in [0.717, 1.165) is 11.0 Å². The molecule has 2 heterocycles. The standard InChI is InChI=1S/C10H10N2O2/c1-8(13)14-7-12-6-4-9-3-2-5-11-10(9)12/h2-6H,7H2,1H3. The van der Waals surface area contributed by atoms with Gasteiger partial charge in [-0.1, -0.05) is 0 Å². The predicted octanol–water partition coefficient (Wildman–Crippen LogP) is 1.56. The second kappa shape index (κ2) is 3.49. The summed E-state index contributed by atoms with van der Waals surface area (Å²) in [6, 6.07) is 5.77. The van der Waals surface area contributed by atoms with Crippen LogP contribution in [0, 0.1) is 0 Å². The van der Waals surface area contributed by atoms with Crippen LogP contribution in [0.25, 0.3) is 11.0 Å². The molecule has 4 heteroatoms. The molecular formula is C10H10N2O2. The number of pyridine rings is 1. The van der Waals surface area contributed by atoms with Crippen molar-refractivity contribution < 1.29 is 9.53 Å². The molecule has 0 aromatic carbocycles. The molecule has 0 N–H and O–H groups in total. The first-order chi connectivity index (χ1) is 6.77. The van der Waals surface area contributed by atoms with Crippen molar-refractivity contribution in [2.24, 2.45) is 0 Å². The van der Waals surface area contributed by atoms with Crippen LogP contribution in [-0.2, 0) is 16.3 Å². The largest absolute Gasteiger partial charge is 0.444 e. The van der Waals surface area contributed by atoms with Gasteiger partial charge in [-0.2, -0.15) is 0 Å². The number of aromatic nitrogens is 2. The zero-order valence-corrected chi connectivity index (χ0v) is 7.80. The van der Waals surface area contributed by atoms with Crippen LogP contribution in [0.1, 0.15) is 6.92 Å². The van der Waals surface area contributed by atoms with E-state index in [0.29, 0.717) is 0 Å². The smallest absolute Gasteiger partial charge is 0.304 e. The van der Waals surface area contributed by atoms with Gasteiger partial charge in [0.05, 0.1) is 0 Å². The Hall–Kier alpha value is -1.84. The quantitative estimate of drug-likeness (QED) is 0.675. The Morgan fingerprint density at radius 3 is 3.21 bits per heavy atom. The molecule has 0 spiro atoms. The fourth-order valence-corrected chi connectivity index (χ4v) is 1.28. The molecule has 0 aliphatic rings. The number of esters is 1. The molecule has 0 bridgehead atoms. The second-order valence-corrected chi connectivity index (χ2v) is 2.97. The molecule has 0 radical (unpaired) electrons. The van der Waals surface area contributed by atoms with Crippen LogP contribution in [-0.4, -0.2) is 15.5 Å². The first-order valence-electron chi connectivity index (χ1n) is 4.30. The van der Waals surface area contributed by atoms with Gasteiger partial charge in [0.2, 0.25) is 0 Å². The molecule has 0 amide bonds. The number of hydrogen-bond acceptors (Lipinski definition) is 3. The van der Waals surface area contributed by atoms with E-state index >= 15 is 0 Å². The molecule has 0 aliphatic heterocycles. The summed E-state index contributed by atoms with van der Waals surface area (Å²) in [6.07, 6.45) is 3.56. The highest BCUT2D eigenvalue weighted by atomic mass is 16.5. The van der Waals surface area contributed by atoms with Crippen LogP contribution in [0.2, 0.25) is 0 Å². The third-order valence-corrected chi connectivity index (χ3v) is 1.93. The van der Waals surface area contributed by atoms with E-state index in [2.05, 4.69) is 4.98 Å². The van der Waals surface area contributed by atoms with Crippen molar-refractivity contribution in [1.29, 1.82) is 0 Å². The van der Waals surface area contributed by atoms with Gasteiger partial charge < -0.3 is 4.74 Å². The lowest BCUT2D eigenvalue weighted by Crippen LogP contribution is -2.05. The Morgan fingerprint density at radius 1 is 1.57 bits per heavy atom. The van der Waals surface area contributed by atoms with Crippen LogP contribution >= 0.6 is 0 Å². The van der Waals surface area contributed by atoms with Crippen molar-refractivity contribution in [3.8, 4) is 0 Å². The molecule has 2 rings (SSSR count). The zero-order valence-electron chi connectivity index (χ0n) is 7.80. The Labute approximate surface area is 81.1 Å². The van der Waals surface area contributed by atoms with Crippen molar-refractivity contribution in [3.05, 3.63) is 30.6 Å². The van der Waals surface area contributed by atoms with Crippen LogP contribution in [0.3, 0.4) is 0 Å². The zero-order chi connectivity index (χ0) is 9.97. The summed E-state index contributed by atoms with van der Waals surface area (Å²) >= 11 is 0. The van der Waals surface area contributed by atoms with Gasteiger partial charge in [-0.15, -0.1) is 0 Å². The number of ether oxygens (including phenoxy) is 1. The molecule has 0 saturated carbocycles. The van der Waals surface area contributed by atoms with E-state index in [-0.39, 0.29) is 12.7 Å². The maximum absolute atomic E-state index is 10.6. The van der Waals surface area contributed by atoms with Gasteiger partial charge in [-0.25, -0.2) is 4.98 Å². The molecule has 72 valence electrons. The van der Waals surface area contributed by atoms with Gasteiger partial charge in [0.25, 0.3) is 0 Å². The highest BCUT2D eigenvalue weighted by molar-refractivity contribution is 5.75. The van der Waals surface area contributed by atoms with Gasteiger partial charge in [0, 0.05) is 24.7 Å². The van der Waals surface area contributed by atoms with Crippen LogP contribution in [0.4, 0.5) is 0 Å². The van der Waals surface area contributed by atoms with E-state index in [1.807, 2.05) is 24.4 Å². The normalized spacial score (nSPS) is 10.4. The second-order valence-electron chi connectivity index (χ2n) is 2.97. The molecule has 2 aromatic rings. The number of nitrogens with zero attached hydrogens (tertiary/aromatic N) is 2. The first kappa shape index (κ1) is 8.74. The summed E-state index contributed by atoms with van der Waals surface area (Å²) in [5.74, 6) is -0.289. The van der Waals surface area contributed by atoms with E-state index < -0.39 is 0 Å². The summed E-state index contributed by atoms with van der Waals surface area (Å²) in [7, 11) is 0. The molecule has 0 aliphatic carbocycles. The number of hydrogen-bond donors (Lipinski definition) is 0. The number of carbonyl (C=O) groups excluding carboxylic acids is 1. The van der Waals surface area contributed by atoms with Gasteiger partial charge in [-0.05, 0) is 18.2 Å². The van der Waals surface area contributed by atoms with Crippen molar-refractivity contribution in [1.82, 2.24) is 9.55 Å². The Morgan fingerprint density at radius 2 is 2.43 bits per heavy atom. The van der Waals surface area contributed by atoms with E-state index in [9.17, 15) is 4.79 Å². The van der Waals surface area contributed by atoms with E-state index in [1.54, 1.807) is 10.8 Å². The predicted molar refractivity (Wildman–Crippen MR) is 51.5 cm³/mol. The summed E-state index contributed by atoms with van der Waals surface area (Å²) < 4.78 is 6.67. The van der Waals surface area contributed by atoms with E-state index in [4.69, 9.17) is 4.74 Å². The average Bonchev–Trinajstić information content (AvgIpc) is 2.58. The van der Waals surface area contributed by atoms with Crippen molar-refractivity contribution in [3.63, 3.8) is 0 Å². The molecule has 14 heavy (non-hydrogen) atoms. The Kier molecular flexibility index (Phi) is 2.18. The third-order valence-electron chi connectivity index (χ3n) is 1.93. The minimum Gasteiger partial charge on any atom is -0.444 e.